The summed E-state index contributed by atoms with van der Waals surface area (Å²) in [7, 11) is 4.39. The summed E-state index contributed by atoms with van der Waals surface area (Å²) >= 11 is 6.33. The van der Waals surface area contributed by atoms with Crippen molar-refractivity contribution in [3.05, 3.63) is 34.3 Å². The molecule has 1 atom stereocenters. The van der Waals surface area contributed by atoms with Crippen molar-refractivity contribution < 1.29 is 0 Å². The van der Waals surface area contributed by atoms with Gasteiger partial charge in [-0.3, -0.25) is 4.90 Å². The second-order valence-electron chi connectivity index (χ2n) is 5.60. The van der Waals surface area contributed by atoms with Gasteiger partial charge in [0.25, 0.3) is 0 Å². The molecule has 1 heterocycles. The van der Waals surface area contributed by atoms with Crippen molar-refractivity contribution in [2.45, 2.75) is 32.0 Å². The van der Waals surface area contributed by atoms with E-state index in [9.17, 15) is 0 Å². The predicted molar refractivity (Wildman–Crippen MR) is 81.3 cm³/mol. The third-order valence-corrected chi connectivity index (χ3v) is 4.35. The summed E-state index contributed by atoms with van der Waals surface area (Å²) < 4.78 is 0. The number of rotatable bonds is 4. The monoisotopic (exact) mass is 281 g/mol. The van der Waals surface area contributed by atoms with Crippen molar-refractivity contribution in [1.29, 1.82) is 0 Å². The maximum Gasteiger partial charge on any atom is 0.0454 e. The normalized spacial score (nSPS) is 21.0. The Hall–Kier alpha value is -0.610. The van der Waals surface area contributed by atoms with E-state index in [2.05, 4.69) is 36.0 Å². The number of piperidine rings is 1. The highest BCUT2D eigenvalue weighted by Crippen LogP contribution is 2.22. The Morgan fingerprint density at radius 3 is 2.89 bits per heavy atom. The third kappa shape index (κ3) is 3.93. The average molecular weight is 282 g/mol. The van der Waals surface area contributed by atoms with E-state index in [0.29, 0.717) is 12.6 Å². The summed E-state index contributed by atoms with van der Waals surface area (Å²) in [5, 5.41) is 0.832. The molecular formula is C15H24ClN3. The highest BCUT2D eigenvalue weighted by atomic mass is 35.5. The van der Waals surface area contributed by atoms with Gasteiger partial charge in [0.05, 0.1) is 0 Å². The first-order valence-electron chi connectivity index (χ1n) is 6.96. The van der Waals surface area contributed by atoms with Gasteiger partial charge in [-0.2, -0.15) is 0 Å². The number of likely N-dealkylation sites (tertiary alicyclic amines) is 1. The lowest BCUT2D eigenvalue weighted by Gasteiger charge is -2.36. The summed E-state index contributed by atoms with van der Waals surface area (Å²) in [5.74, 6) is 0. The minimum Gasteiger partial charge on any atom is -0.326 e. The Kier molecular flexibility index (Phi) is 5.22. The van der Waals surface area contributed by atoms with Crippen molar-refractivity contribution in [2.75, 3.05) is 27.2 Å². The topological polar surface area (TPSA) is 32.5 Å². The summed E-state index contributed by atoms with van der Waals surface area (Å²) in [6.07, 6.45) is 2.56. The van der Waals surface area contributed by atoms with E-state index in [1.54, 1.807) is 0 Å². The molecule has 1 unspecified atom stereocenters. The van der Waals surface area contributed by atoms with E-state index in [0.717, 1.165) is 23.7 Å². The molecule has 4 heteroatoms. The van der Waals surface area contributed by atoms with Gasteiger partial charge < -0.3 is 10.6 Å². The first kappa shape index (κ1) is 14.8. The van der Waals surface area contributed by atoms with Crippen LogP contribution in [0.15, 0.2) is 18.2 Å². The summed E-state index contributed by atoms with van der Waals surface area (Å²) in [5.41, 5.74) is 7.91. The average Bonchev–Trinajstić information content (AvgIpc) is 2.41. The van der Waals surface area contributed by atoms with Crippen LogP contribution in [0.25, 0.3) is 0 Å². The SMILES string of the molecule is CN1CCCC(N(C)Cc2ccc(CN)cc2Cl)C1. The second kappa shape index (κ2) is 6.71. The first-order valence-corrected chi connectivity index (χ1v) is 7.34. The zero-order valence-electron chi connectivity index (χ0n) is 11.9. The minimum absolute atomic E-state index is 0.545. The van der Waals surface area contributed by atoms with Crippen molar-refractivity contribution in [2.24, 2.45) is 5.73 Å². The Balaban J connectivity index is 2.00. The lowest BCUT2D eigenvalue weighted by atomic mass is 10.0. The Labute approximate surface area is 121 Å². The van der Waals surface area contributed by atoms with Gasteiger partial charge in [-0.1, -0.05) is 23.7 Å². The number of hydrogen-bond acceptors (Lipinski definition) is 3. The van der Waals surface area contributed by atoms with Gasteiger partial charge in [-0.15, -0.1) is 0 Å². The number of hydrogen-bond donors (Lipinski definition) is 1. The maximum atomic E-state index is 6.33. The van der Waals surface area contributed by atoms with Gasteiger partial charge in [0.1, 0.15) is 0 Å². The molecule has 0 bridgehead atoms. The lowest BCUT2D eigenvalue weighted by Crippen LogP contribution is -2.44. The first-order chi connectivity index (χ1) is 9.10. The van der Waals surface area contributed by atoms with Crippen LogP contribution in [-0.4, -0.2) is 43.0 Å². The zero-order valence-corrected chi connectivity index (χ0v) is 12.7. The molecule has 1 fully saturated rings. The molecule has 2 N–H and O–H groups in total. The molecule has 0 radical (unpaired) electrons. The van der Waals surface area contributed by atoms with Gasteiger partial charge in [0.2, 0.25) is 0 Å². The molecule has 0 aliphatic carbocycles. The van der Waals surface area contributed by atoms with E-state index >= 15 is 0 Å². The van der Waals surface area contributed by atoms with E-state index in [4.69, 9.17) is 17.3 Å². The van der Waals surface area contributed by atoms with Gasteiger partial charge in [0, 0.05) is 30.7 Å². The Bertz CT molecular complexity index is 422. The molecular weight excluding hydrogens is 258 g/mol. The molecule has 0 saturated carbocycles. The smallest absolute Gasteiger partial charge is 0.0454 e. The largest absolute Gasteiger partial charge is 0.326 e. The van der Waals surface area contributed by atoms with Crippen molar-refractivity contribution >= 4 is 11.6 Å². The van der Waals surface area contributed by atoms with Crippen LogP contribution >= 0.6 is 11.6 Å². The van der Waals surface area contributed by atoms with Crippen LogP contribution in [0.4, 0.5) is 0 Å². The molecule has 3 nitrogen and oxygen atoms in total. The van der Waals surface area contributed by atoms with Crippen LogP contribution in [0.5, 0.6) is 0 Å². The van der Waals surface area contributed by atoms with Gasteiger partial charge >= 0.3 is 0 Å². The molecule has 0 amide bonds. The molecule has 0 aromatic heterocycles. The molecule has 2 rings (SSSR count). The van der Waals surface area contributed by atoms with E-state index in [1.165, 1.54) is 24.9 Å². The quantitative estimate of drug-likeness (QED) is 0.919. The second-order valence-corrected chi connectivity index (χ2v) is 6.01. The molecule has 0 spiro atoms. The summed E-state index contributed by atoms with van der Waals surface area (Å²) in [6, 6.07) is 6.79. The standard InChI is InChI=1S/C15H24ClN3/c1-18-7-3-4-14(11-18)19(2)10-13-6-5-12(9-17)8-15(13)16/h5-6,8,14H,3-4,7,9-11,17H2,1-2H3. The number of benzene rings is 1. The van der Waals surface area contributed by atoms with Crippen molar-refractivity contribution in [1.82, 2.24) is 9.80 Å². The van der Waals surface area contributed by atoms with Crippen LogP contribution in [0.1, 0.15) is 24.0 Å². The molecule has 1 saturated heterocycles. The lowest BCUT2D eigenvalue weighted by molar-refractivity contribution is 0.129. The van der Waals surface area contributed by atoms with Crippen LogP contribution < -0.4 is 5.73 Å². The zero-order chi connectivity index (χ0) is 13.8. The van der Waals surface area contributed by atoms with Gasteiger partial charge in [0.15, 0.2) is 0 Å². The molecule has 19 heavy (non-hydrogen) atoms. The Morgan fingerprint density at radius 1 is 1.47 bits per heavy atom. The van der Waals surface area contributed by atoms with Crippen LogP contribution in [0.2, 0.25) is 5.02 Å². The fourth-order valence-corrected chi connectivity index (χ4v) is 3.01. The highest BCUT2D eigenvalue weighted by molar-refractivity contribution is 6.31. The number of nitrogens with zero attached hydrogens (tertiary/aromatic N) is 2. The van der Waals surface area contributed by atoms with Crippen LogP contribution in [0, 0.1) is 0 Å². The predicted octanol–water partition coefficient (Wildman–Crippen LogP) is 2.32. The fourth-order valence-electron chi connectivity index (χ4n) is 2.74. The number of likely N-dealkylation sites (N-methyl/N-ethyl adjacent to an activating group) is 2. The molecule has 1 aliphatic rings. The number of halogens is 1. The summed E-state index contributed by atoms with van der Waals surface area (Å²) in [6.45, 7) is 3.82. The number of nitrogens with two attached hydrogens (primary N) is 1. The van der Waals surface area contributed by atoms with Gasteiger partial charge in [-0.25, -0.2) is 0 Å². The third-order valence-electron chi connectivity index (χ3n) is 4.00. The summed E-state index contributed by atoms with van der Waals surface area (Å²) in [4.78, 5) is 4.82. The van der Waals surface area contributed by atoms with E-state index in [-0.39, 0.29) is 0 Å². The van der Waals surface area contributed by atoms with Gasteiger partial charge in [-0.05, 0) is 50.7 Å². The fraction of sp³-hybridized carbons (Fsp3) is 0.600. The van der Waals surface area contributed by atoms with Crippen LogP contribution in [-0.2, 0) is 13.1 Å². The van der Waals surface area contributed by atoms with Crippen LogP contribution in [0.3, 0.4) is 0 Å². The van der Waals surface area contributed by atoms with Crippen molar-refractivity contribution in [3.63, 3.8) is 0 Å². The van der Waals surface area contributed by atoms with E-state index < -0.39 is 0 Å². The molecule has 106 valence electrons. The molecule has 1 aromatic rings. The minimum atomic E-state index is 0.545. The Morgan fingerprint density at radius 2 is 2.26 bits per heavy atom. The van der Waals surface area contributed by atoms with E-state index in [1.807, 2.05) is 6.07 Å². The van der Waals surface area contributed by atoms with Crippen molar-refractivity contribution in [3.8, 4) is 0 Å². The molecule has 1 aromatic carbocycles. The maximum absolute atomic E-state index is 6.33. The molecule has 1 aliphatic heterocycles. The highest BCUT2D eigenvalue weighted by Gasteiger charge is 2.21.